The molecule has 5 aromatic rings. The Morgan fingerprint density at radius 1 is 1.03 bits per heavy atom. The summed E-state index contributed by atoms with van der Waals surface area (Å²) in [6.45, 7) is 3.99. The highest BCUT2D eigenvalue weighted by Crippen LogP contribution is 2.29. The molecule has 0 saturated heterocycles. The molecule has 0 bridgehead atoms. The van der Waals surface area contributed by atoms with Gasteiger partial charge in [-0.05, 0) is 67.9 Å². The standard InChI is InChI=1S/C24H20FN5O/c1-15-11-12-29-21(13-15)27-23(17-7-9-18(25)10-8-17)24(29)28-22(31)14-30-16(2)26-19-5-3-4-6-20(19)30/h3-13H,14H2,1-2H3,(H,28,31). The maximum Gasteiger partial charge on any atom is 0.245 e. The van der Waals surface area contributed by atoms with Crippen LogP contribution in [0, 0.1) is 19.7 Å². The Kier molecular flexibility index (Phi) is 4.51. The van der Waals surface area contributed by atoms with Crippen LogP contribution in [0.15, 0.2) is 66.9 Å². The second-order valence-corrected chi connectivity index (χ2v) is 7.53. The molecule has 0 aliphatic carbocycles. The predicted molar refractivity (Wildman–Crippen MR) is 118 cm³/mol. The lowest BCUT2D eigenvalue weighted by molar-refractivity contribution is -0.116. The molecule has 0 radical (unpaired) electrons. The Bertz CT molecular complexity index is 1430. The Balaban J connectivity index is 1.54. The number of carbonyl (C=O) groups is 1. The molecule has 5 rings (SSSR count). The van der Waals surface area contributed by atoms with E-state index < -0.39 is 0 Å². The van der Waals surface area contributed by atoms with Gasteiger partial charge in [-0.15, -0.1) is 0 Å². The molecular weight excluding hydrogens is 393 g/mol. The van der Waals surface area contributed by atoms with Crippen molar-refractivity contribution in [2.45, 2.75) is 20.4 Å². The minimum Gasteiger partial charge on any atom is -0.319 e. The van der Waals surface area contributed by atoms with Crippen molar-refractivity contribution >= 4 is 28.4 Å². The summed E-state index contributed by atoms with van der Waals surface area (Å²) in [6.07, 6.45) is 1.87. The number of aryl methyl sites for hydroxylation is 2. The van der Waals surface area contributed by atoms with Gasteiger partial charge in [0.05, 0.1) is 11.0 Å². The van der Waals surface area contributed by atoms with E-state index in [2.05, 4.69) is 10.3 Å². The van der Waals surface area contributed by atoms with Gasteiger partial charge >= 0.3 is 0 Å². The Labute approximate surface area is 178 Å². The van der Waals surface area contributed by atoms with Gasteiger partial charge in [0.1, 0.15) is 35.3 Å². The number of carbonyl (C=O) groups excluding carboxylic acids is 1. The molecular formula is C24H20FN5O. The highest BCUT2D eigenvalue weighted by molar-refractivity contribution is 5.95. The summed E-state index contributed by atoms with van der Waals surface area (Å²) in [5.41, 5.74) is 4.83. The van der Waals surface area contributed by atoms with E-state index >= 15 is 0 Å². The Morgan fingerprint density at radius 2 is 1.81 bits per heavy atom. The van der Waals surface area contributed by atoms with E-state index in [4.69, 9.17) is 4.98 Å². The third kappa shape index (κ3) is 3.44. The van der Waals surface area contributed by atoms with E-state index in [1.54, 1.807) is 12.1 Å². The number of benzene rings is 2. The second-order valence-electron chi connectivity index (χ2n) is 7.53. The number of anilines is 1. The zero-order chi connectivity index (χ0) is 21.5. The number of nitrogens with zero attached hydrogens (tertiary/aromatic N) is 4. The van der Waals surface area contributed by atoms with Crippen LogP contribution in [-0.4, -0.2) is 24.8 Å². The number of imidazole rings is 2. The molecule has 3 heterocycles. The zero-order valence-electron chi connectivity index (χ0n) is 17.1. The van der Waals surface area contributed by atoms with Crippen molar-refractivity contribution in [1.29, 1.82) is 0 Å². The number of amides is 1. The first-order valence-electron chi connectivity index (χ1n) is 9.96. The summed E-state index contributed by atoms with van der Waals surface area (Å²) in [4.78, 5) is 22.3. The van der Waals surface area contributed by atoms with Crippen LogP contribution < -0.4 is 5.32 Å². The fourth-order valence-corrected chi connectivity index (χ4v) is 3.79. The lowest BCUT2D eigenvalue weighted by Gasteiger charge is -2.10. The topological polar surface area (TPSA) is 64.2 Å². The van der Waals surface area contributed by atoms with Gasteiger partial charge in [0, 0.05) is 11.8 Å². The molecule has 1 N–H and O–H groups in total. The second kappa shape index (κ2) is 7.36. The van der Waals surface area contributed by atoms with Crippen LogP contribution in [0.4, 0.5) is 10.2 Å². The SMILES string of the molecule is Cc1ccn2c(NC(=O)Cn3c(C)nc4ccccc43)c(-c3ccc(F)cc3)nc2c1. The lowest BCUT2D eigenvalue weighted by Crippen LogP contribution is -2.20. The summed E-state index contributed by atoms with van der Waals surface area (Å²) < 4.78 is 17.2. The van der Waals surface area contributed by atoms with E-state index in [0.717, 1.165) is 28.0 Å². The van der Waals surface area contributed by atoms with E-state index in [1.165, 1.54) is 12.1 Å². The van der Waals surface area contributed by atoms with E-state index in [0.29, 0.717) is 17.2 Å². The molecule has 3 aromatic heterocycles. The van der Waals surface area contributed by atoms with Gasteiger partial charge in [-0.25, -0.2) is 14.4 Å². The number of aromatic nitrogens is 4. The maximum absolute atomic E-state index is 13.4. The highest BCUT2D eigenvalue weighted by Gasteiger charge is 2.18. The zero-order valence-corrected chi connectivity index (χ0v) is 17.1. The van der Waals surface area contributed by atoms with Crippen molar-refractivity contribution in [2.75, 3.05) is 5.32 Å². The number of nitrogens with one attached hydrogen (secondary N) is 1. The number of para-hydroxylation sites is 2. The molecule has 0 unspecified atom stereocenters. The minimum atomic E-state index is -0.323. The van der Waals surface area contributed by atoms with Crippen molar-refractivity contribution in [2.24, 2.45) is 0 Å². The van der Waals surface area contributed by atoms with Crippen molar-refractivity contribution in [1.82, 2.24) is 18.9 Å². The molecule has 0 aliphatic heterocycles. The first-order chi connectivity index (χ1) is 15.0. The smallest absolute Gasteiger partial charge is 0.245 e. The maximum atomic E-state index is 13.4. The number of pyridine rings is 1. The molecule has 0 atom stereocenters. The number of rotatable bonds is 4. The average Bonchev–Trinajstić information content (AvgIpc) is 3.26. The molecule has 0 spiro atoms. The third-order valence-corrected chi connectivity index (χ3v) is 5.30. The van der Waals surface area contributed by atoms with Gasteiger partial charge in [0.25, 0.3) is 0 Å². The van der Waals surface area contributed by atoms with Crippen LogP contribution in [0.1, 0.15) is 11.4 Å². The molecule has 31 heavy (non-hydrogen) atoms. The van der Waals surface area contributed by atoms with Crippen LogP contribution in [-0.2, 0) is 11.3 Å². The van der Waals surface area contributed by atoms with Gasteiger partial charge in [0.2, 0.25) is 5.91 Å². The van der Waals surface area contributed by atoms with Crippen LogP contribution in [0.5, 0.6) is 0 Å². The van der Waals surface area contributed by atoms with E-state index in [-0.39, 0.29) is 18.3 Å². The van der Waals surface area contributed by atoms with Crippen molar-refractivity contribution in [3.63, 3.8) is 0 Å². The van der Waals surface area contributed by atoms with Crippen LogP contribution in [0.25, 0.3) is 27.9 Å². The first kappa shape index (κ1) is 19.0. The number of hydrogen-bond acceptors (Lipinski definition) is 3. The van der Waals surface area contributed by atoms with Gasteiger partial charge in [0.15, 0.2) is 0 Å². The molecule has 7 heteroatoms. The van der Waals surface area contributed by atoms with E-state index in [1.807, 2.05) is 65.4 Å². The van der Waals surface area contributed by atoms with Gasteiger partial charge in [-0.1, -0.05) is 12.1 Å². The molecule has 0 fully saturated rings. The first-order valence-corrected chi connectivity index (χ1v) is 9.96. The number of halogens is 1. The lowest BCUT2D eigenvalue weighted by atomic mass is 10.1. The van der Waals surface area contributed by atoms with Gasteiger partial charge in [-0.2, -0.15) is 0 Å². The molecule has 154 valence electrons. The van der Waals surface area contributed by atoms with Crippen LogP contribution in [0.3, 0.4) is 0 Å². The highest BCUT2D eigenvalue weighted by atomic mass is 19.1. The summed E-state index contributed by atoms with van der Waals surface area (Å²) in [5, 5.41) is 3.02. The minimum absolute atomic E-state index is 0.119. The average molecular weight is 413 g/mol. The van der Waals surface area contributed by atoms with Crippen molar-refractivity contribution < 1.29 is 9.18 Å². The molecule has 0 aliphatic rings. The predicted octanol–water partition coefficient (Wildman–Crippen LogP) is 4.75. The number of hydrogen-bond donors (Lipinski definition) is 1. The Morgan fingerprint density at radius 3 is 2.61 bits per heavy atom. The van der Waals surface area contributed by atoms with Gasteiger partial charge in [-0.3, -0.25) is 9.20 Å². The van der Waals surface area contributed by atoms with Crippen LogP contribution >= 0.6 is 0 Å². The van der Waals surface area contributed by atoms with Crippen LogP contribution in [0.2, 0.25) is 0 Å². The summed E-state index contributed by atoms with van der Waals surface area (Å²) in [6, 6.07) is 17.7. The summed E-state index contributed by atoms with van der Waals surface area (Å²) in [7, 11) is 0. The van der Waals surface area contributed by atoms with E-state index in [9.17, 15) is 9.18 Å². The molecule has 2 aromatic carbocycles. The Hall–Kier alpha value is -4.00. The molecule has 6 nitrogen and oxygen atoms in total. The third-order valence-electron chi connectivity index (χ3n) is 5.30. The van der Waals surface area contributed by atoms with Gasteiger partial charge < -0.3 is 9.88 Å². The normalized spacial score (nSPS) is 11.3. The fourth-order valence-electron chi connectivity index (χ4n) is 3.79. The fraction of sp³-hybridized carbons (Fsp3) is 0.125. The summed E-state index contributed by atoms with van der Waals surface area (Å²) >= 11 is 0. The number of fused-ring (bicyclic) bond motifs is 2. The quantitative estimate of drug-likeness (QED) is 0.463. The molecule has 1 amide bonds. The van der Waals surface area contributed by atoms with Crippen molar-refractivity contribution in [3.8, 4) is 11.3 Å². The van der Waals surface area contributed by atoms with Crippen molar-refractivity contribution in [3.05, 3.63) is 84.1 Å². The molecule has 0 saturated carbocycles. The largest absolute Gasteiger partial charge is 0.319 e. The summed E-state index contributed by atoms with van der Waals surface area (Å²) in [5.74, 6) is 0.797. The monoisotopic (exact) mass is 413 g/mol.